The van der Waals surface area contributed by atoms with E-state index in [4.69, 9.17) is 14.3 Å². The average molecular weight is 643 g/mol. The van der Waals surface area contributed by atoms with Gasteiger partial charge in [-0.05, 0) is 38.2 Å². The van der Waals surface area contributed by atoms with Crippen LogP contribution in [0.3, 0.4) is 0 Å². The van der Waals surface area contributed by atoms with Gasteiger partial charge in [0.1, 0.15) is 17.2 Å². The van der Waals surface area contributed by atoms with E-state index in [2.05, 4.69) is 24.3 Å². The van der Waals surface area contributed by atoms with Crippen molar-refractivity contribution in [2.24, 2.45) is 11.1 Å². The van der Waals surface area contributed by atoms with Crippen LogP contribution < -0.4 is 15.5 Å². The summed E-state index contributed by atoms with van der Waals surface area (Å²) in [6.45, 7) is 5.99. The van der Waals surface area contributed by atoms with Crippen molar-refractivity contribution in [1.82, 2.24) is 14.8 Å². The van der Waals surface area contributed by atoms with E-state index in [0.29, 0.717) is 37.1 Å². The molecule has 0 unspecified atom stereocenters. The number of carbonyl (C=O) groups is 3. The number of pyridine rings is 1. The number of oxime groups is 1. The molecule has 11 nitrogen and oxygen atoms in total. The molecule has 1 N–H and O–H groups in total. The second-order valence-electron chi connectivity index (χ2n) is 12.7. The summed E-state index contributed by atoms with van der Waals surface area (Å²) in [4.78, 5) is 62.1. The average Bonchev–Trinajstić information content (AvgIpc) is 3.39. The first-order chi connectivity index (χ1) is 21.9. The molecule has 3 aliphatic rings. The maximum absolute atomic E-state index is 14.3. The van der Waals surface area contributed by atoms with E-state index in [9.17, 15) is 28.0 Å². The number of esters is 1. The third-order valence-electron chi connectivity index (χ3n) is 9.08. The number of unbranched alkanes of at least 4 members (excludes halogenated alkanes) is 2. The molecular weight excluding hydrogens is 602 g/mol. The van der Waals surface area contributed by atoms with E-state index >= 15 is 0 Å². The van der Waals surface area contributed by atoms with Crippen molar-refractivity contribution in [2.75, 3.05) is 13.7 Å². The lowest BCUT2D eigenvalue weighted by Crippen LogP contribution is -2.52. The Morgan fingerprint density at radius 2 is 1.98 bits per heavy atom. The Hall–Kier alpha value is -4.29. The fourth-order valence-corrected chi connectivity index (χ4v) is 6.37. The van der Waals surface area contributed by atoms with E-state index < -0.39 is 57.8 Å². The van der Waals surface area contributed by atoms with Gasteiger partial charge in [0.05, 0.1) is 19.6 Å². The zero-order valence-electron chi connectivity index (χ0n) is 26.6. The van der Waals surface area contributed by atoms with E-state index in [1.54, 1.807) is 4.90 Å². The highest BCUT2D eigenvalue weighted by molar-refractivity contribution is 6.00. The quantitative estimate of drug-likeness (QED) is 0.289. The third kappa shape index (κ3) is 6.63. The monoisotopic (exact) mass is 642 g/mol. The van der Waals surface area contributed by atoms with Crippen LogP contribution in [0.25, 0.3) is 0 Å². The number of benzene rings is 1. The van der Waals surface area contributed by atoms with Crippen molar-refractivity contribution in [3.63, 3.8) is 0 Å². The molecule has 0 radical (unpaired) electrons. The number of carbonyl (C=O) groups excluding carboxylic acids is 3. The summed E-state index contributed by atoms with van der Waals surface area (Å²) >= 11 is 0. The number of hydrogen-bond donors (Lipinski definition) is 1. The van der Waals surface area contributed by atoms with E-state index in [0.717, 1.165) is 25.3 Å². The number of methoxy groups -OCH3 is 1. The van der Waals surface area contributed by atoms with Crippen molar-refractivity contribution in [1.29, 1.82) is 0 Å². The van der Waals surface area contributed by atoms with Gasteiger partial charge in [-0.15, -0.1) is 0 Å². The molecule has 1 aromatic carbocycles. The number of fused-ring (bicyclic) bond motifs is 5. The molecule has 0 aliphatic carbocycles. The molecule has 1 aromatic heterocycles. The summed E-state index contributed by atoms with van der Waals surface area (Å²) in [5.41, 5.74) is -2.49. The van der Waals surface area contributed by atoms with Crippen LogP contribution in [0, 0.1) is 17.6 Å². The number of ether oxygens (including phenoxy) is 2. The number of hydrogen-bond acceptors (Lipinski definition) is 8. The Labute approximate surface area is 265 Å². The Kier molecular flexibility index (Phi) is 9.78. The van der Waals surface area contributed by atoms with Crippen LogP contribution in [0.4, 0.5) is 8.78 Å². The normalized spacial score (nSPS) is 21.8. The van der Waals surface area contributed by atoms with E-state index in [1.165, 1.54) is 23.9 Å². The van der Waals surface area contributed by atoms with Gasteiger partial charge in [0, 0.05) is 43.4 Å². The molecule has 1 fully saturated rings. The maximum atomic E-state index is 14.3. The number of nitrogens with one attached hydrogen (secondary N) is 1. The van der Waals surface area contributed by atoms with E-state index in [1.807, 2.05) is 6.92 Å². The lowest BCUT2D eigenvalue weighted by Gasteiger charge is -2.41. The van der Waals surface area contributed by atoms with Crippen molar-refractivity contribution in [3.05, 3.63) is 63.1 Å². The van der Waals surface area contributed by atoms with Crippen molar-refractivity contribution < 1.29 is 37.5 Å². The summed E-state index contributed by atoms with van der Waals surface area (Å²) in [6.07, 6.45) is 5.91. The van der Waals surface area contributed by atoms with Crippen LogP contribution >= 0.6 is 0 Å². The summed E-state index contributed by atoms with van der Waals surface area (Å²) in [6, 6.07) is 2.08. The van der Waals surface area contributed by atoms with Gasteiger partial charge in [0.15, 0.2) is 11.3 Å². The first-order valence-electron chi connectivity index (χ1n) is 15.8. The highest BCUT2D eigenvalue weighted by atomic mass is 19.1. The Bertz CT molecular complexity index is 1610. The number of amides is 2. The van der Waals surface area contributed by atoms with Gasteiger partial charge >= 0.3 is 5.97 Å². The number of nitrogens with zero attached hydrogens (tertiary/aromatic N) is 3. The van der Waals surface area contributed by atoms with Crippen molar-refractivity contribution in [3.8, 4) is 5.75 Å². The summed E-state index contributed by atoms with van der Waals surface area (Å²) < 4.78 is 40.2. The van der Waals surface area contributed by atoms with Gasteiger partial charge < -0.3 is 29.1 Å². The lowest BCUT2D eigenvalue weighted by molar-refractivity contribution is -0.134. The van der Waals surface area contributed by atoms with Crippen LogP contribution in [-0.2, 0) is 20.9 Å². The SMILES string of the molecule is COC1=NO[C@@]2(CC[C@H](C)N3C[C@H]2n2cc(C(=O)NCc4ccc(F)cc4F)c(=O)c(OC(=O)CCCCCC(C)C)c2C3=O)C1. The molecule has 2 aromatic rings. The minimum absolute atomic E-state index is 0.00283. The molecule has 3 aliphatic heterocycles. The second kappa shape index (κ2) is 13.6. The Morgan fingerprint density at radius 3 is 2.67 bits per heavy atom. The highest BCUT2D eigenvalue weighted by Crippen LogP contribution is 2.46. The van der Waals surface area contributed by atoms with Crippen LogP contribution in [-0.4, -0.2) is 58.4 Å². The van der Waals surface area contributed by atoms with Crippen molar-refractivity contribution >= 4 is 23.7 Å². The lowest BCUT2D eigenvalue weighted by atomic mass is 9.85. The largest absolute Gasteiger partial charge is 0.482 e. The molecule has 5 rings (SSSR count). The molecular formula is C33H40F2N4O7. The smallest absolute Gasteiger partial charge is 0.311 e. The van der Waals surface area contributed by atoms with Gasteiger partial charge in [-0.1, -0.05) is 44.3 Å². The molecule has 1 spiro atoms. The number of halogens is 2. The molecule has 2 bridgehead atoms. The Morgan fingerprint density at radius 1 is 1.20 bits per heavy atom. The number of aromatic nitrogens is 1. The van der Waals surface area contributed by atoms with Gasteiger partial charge in [-0.25, -0.2) is 8.78 Å². The minimum atomic E-state index is -0.971. The zero-order valence-corrected chi connectivity index (χ0v) is 26.6. The molecule has 0 saturated carbocycles. The summed E-state index contributed by atoms with van der Waals surface area (Å²) in [5.74, 6) is -3.37. The summed E-state index contributed by atoms with van der Waals surface area (Å²) in [7, 11) is 1.48. The van der Waals surface area contributed by atoms with Crippen LogP contribution in [0.5, 0.6) is 5.75 Å². The van der Waals surface area contributed by atoms with Crippen molar-refractivity contribution in [2.45, 2.75) is 96.4 Å². The molecule has 4 heterocycles. The Balaban J connectivity index is 1.53. The fourth-order valence-electron chi connectivity index (χ4n) is 6.37. The van der Waals surface area contributed by atoms with E-state index in [-0.39, 0.29) is 43.2 Å². The predicted molar refractivity (Wildman–Crippen MR) is 163 cm³/mol. The van der Waals surface area contributed by atoms with Gasteiger partial charge in [0.25, 0.3) is 11.8 Å². The molecule has 248 valence electrons. The maximum Gasteiger partial charge on any atom is 0.311 e. The minimum Gasteiger partial charge on any atom is -0.482 e. The zero-order chi connectivity index (χ0) is 33.2. The molecule has 3 atom stereocenters. The van der Waals surface area contributed by atoms with Crippen LogP contribution in [0.1, 0.15) is 105 Å². The fraction of sp³-hybridized carbons (Fsp3) is 0.545. The molecule has 13 heteroatoms. The second-order valence-corrected chi connectivity index (χ2v) is 12.7. The standard InChI is InChI=1S/C33H40F2N4O7/c1-19(2)8-6-5-7-9-27(40)45-30-28-32(43)38-18-25(33(13-12-20(38)3)15-26(44-4)37-46-33)39(28)17-23(29(30)41)31(42)36-16-21-10-11-22(34)14-24(21)35/h10-11,14,17,19-20,25H,5-9,12-13,15-16,18H2,1-4H3,(H,36,42)/t20-,25+,33-/m0/s1. The molecule has 1 saturated heterocycles. The topological polar surface area (TPSA) is 129 Å². The van der Waals surface area contributed by atoms with Crippen LogP contribution in [0.15, 0.2) is 34.3 Å². The van der Waals surface area contributed by atoms with Gasteiger partial charge in [0.2, 0.25) is 17.1 Å². The molecule has 2 amide bonds. The first kappa shape index (κ1) is 33.1. The predicted octanol–water partition coefficient (Wildman–Crippen LogP) is 4.87. The number of rotatable bonds is 10. The molecule has 46 heavy (non-hydrogen) atoms. The third-order valence-corrected chi connectivity index (χ3v) is 9.08. The van der Waals surface area contributed by atoms with Crippen LogP contribution in [0.2, 0.25) is 0 Å². The first-order valence-corrected chi connectivity index (χ1v) is 15.8. The van der Waals surface area contributed by atoms with Gasteiger partial charge in [-0.3, -0.25) is 19.2 Å². The summed E-state index contributed by atoms with van der Waals surface area (Å²) in [5, 5.41) is 6.61. The highest BCUT2D eigenvalue weighted by Gasteiger charge is 2.55. The van der Waals surface area contributed by atoms with Gasteiger partial charge in [-0.2, -0.15) is 0 Å².